The van der Waals surface area contributed by atoms with Crippen molar-refractivity contribution in [2.24, 2.45) is 0 Å². The maximum absolute atomic E-state index is 13.3. The molecule has 0 saturated heterocycles. The summed E-state index contributed by atoms with van der Waals surface area (Å²) in [6.45, 7) is 1.71. The van der Waals surface area contributed by atoms with E-state index < -0.39 is 28.7 Å². The number of ether oxygens (including phenoxy) is 1. The summed E-state index contributed by atoms with van der Waals surface area (Å²) in [5.41, 5.74) is 1.54. The van der Waals surface area contributed by atoms with Crippen LogP contribution in [-0.2, 0) is 11.0 Å². The molecule has 3 N–H and O–H groups in total. The number of benzene rings is 2. The molecule has 2 heterocycles. The second-order valence-corrected chi connectivity index (χ2v) is 8.53. The maximum atomic E-state index is 13.3. The van der Waals surface area contributed by atoms with Gasteiger partial charge in [-0.2, -0.15) is 13.9 Å². The molecule has 1 unspecified atom stereocenters. The van der Waals surface area contributed by atoms with Crippen molar-refractivity contribution in [1.29, 1.82) is 0 Å². The first kappa shape index (κ1) is 24.9. The Morgan fingerprint density at radius 3 is 2.58 bits per heavy atom. The minimum Gasteiger partial charge on any atom is -0.485 e. The molecule has 0 saturated carbocycles. The zero-order valence-electron chi connectivity index (χ0n) is 18.6. The third kappa shape index (κ3) is 5.68. The molecule has 186 valence electrons. The number of hydrogen-bond donors (Lipinski definition) is 3. The lowest BCUT2D eigenvalue weighted by atomic mass is 10.1. The van der Waals surface area contributed by atoms with Crippen LogP contribution in [0.1, 0.15) is 28.9 Å². The second kappa shape index (κ2) is 11.0. The summed E-state index contributed by atoms with van der Waals surface area (Å²) in [5.74, 6) is -2.81. The molecule has 9 nitrogen and oxygen atoms in total. The van der Waals surface area contributed by atoms with Crippen LogP contribution in [0.25, 0.3) is 11.3 Å². The molecule has 36 heavy (non-hydrogen) atoms. The van der Waals surface area contributed by atoms with Gasteiger partial charge >= 0.3 is 5.76 Å². The standard InChI is InChI=1S/C23H19F3N6O3S/c1-13(14-2-4-15(24)5-3-14)35-19-10-16(32-36(34)23(25)26)6-7-17(19)21-18(12-33)22(31-30-21)29-20-11-27-8-9-28-20/h2-13,23,32H,1H3,(H2,28,29,30,31)/t13-,36?/m0/s1. The third-order valence-corrected chi connectivity index (χ3v) is 5.77. The van der Waals surface area contributed by atoms with E-state index in [-0.39, 0.29) is 28.5 Å². The lowest BCUT2D eigenvalue weighted by Gasteiger charge is -2.19. The minimum atomic E-state index is -3.10. The highest BCUT2D eigenvalue weighted by Crippen LogP contribution is 2.38. The van der Waals surface area contributed by atoms with Crippen LogP contribution in [0.3, 0.4) is 0 Å². The van der Waals surface area contributed by atoms with Gasteiger partial charge in [-0.15, -0.1) is 0 Å². The summed E-state index contributed by atoms with van der Waals surface area (Å²) >= 11 is 0. The van der Waals surface area contributed by atoms with Crippen LogP contribution < -0.4 is 14.8 Å². The number of anilines is 3. The van der Waals surface area contributed by atoms with Crippen LogP contribution in [0, 0.1) is 5.82 Å². The van der Waals surface area contributed by atoms with E-state index in [0.717, 1.165) is 0 Å². The molecule has 0 spiro atoms. The number of nitrogens with zero attached hydrogens (tertiary/aromatic N) is 3. The summed E-state index contributed by atoms with van der Waals surface area (Å²) in [7, 11) is -2.64. The van der Waals surface area contributed by atoms with E-state index in [1.54, 1.807) is 19.1 Å². The van der Waals surface area contributed by atoms with Gasteiger partial charge in [-0.3, -0.25) is 14.9 Å². The number of carbonyl (C=O) groups is 1. The van der Waals surface area contributed by atoms with Gasteiger partial charge in [0.05, 0.1) is 23.1 Å². The average Bonchev–Trinajstić information content (AvgIpc) is 3.27. The predicted molar refractivity (Wildman–Crippen MR) is 128 cm³/mol. The smallest absolute Gasteiger partial charge is 0.330 e. The van der Waals surface area contributed by atoms with Gasteiger partial charge in [0.2, 0.25) is 0 Å². The van der Waals surface area contributed by atoms with Crippen molar-refractivity contribution < 1.29 is 26.9 Å². The van der Waals surface area contributed by atoms with Gasteiger partial charge < -0.3 is 14.8 Å². The molecule has 0 aliphatic rings. The van der Waals surface area contributed by atoms with Crippen molar-refractivity contribution >= 4 is 34.6 Å². The first-order chi connectivity index (χ1) is 17.4. The van der Waals surface area contributed by atoms with Gasteiger partial charge in [0.1, 0.15) is 23.5 Å². The largest absolute Gasteiger partial charge is 0.485 e. The van der Waals surface area contributed by atoms with Crippen LogP contribution in [0.5, 0.6) is 5.75 Å². The lowest BCUT2D eigenvalue weighted by molar-refractivity contribution is 0.112. The number of halogens is 3. The Kier molecular flexibility index (Phi) is 7.59. The van der Waals surface area contributed by atoms with E-state index in [1.807, 2.05) is 0 Å². The van der Waals surface area contributed by atoms with E-state index in [1.165, 1.54) is 48.9 Å². The van der Waals surface area contributed by atoms with Gasteiger partial charge in [-0.25, -0.2) is 13.6 Å². The summed E-state index contributed by atoms with van der Waals surface area (Å²) in [5, 5.41) is 9.82. The quantitative estimate of drug-likeness (QED) is 0.254. The molecule has 4 rings (SSSR count). The van der Waals surface area contributed by atoms with Gasteiger partial charge in [-0.1, -0.05) is 12.1 Å². The van der Waals surface area contributed by atoms with E-state index in [2.05, 4.69) is 30.2 Å². The fourth-order valence-corrected chi connectivity index (χ4v) is 3.74. The Morgan fingerprint density at radius 2 is 1.92 bits per heavy atom. The Balaban J connectivity index is 1.73. The molecule has 2 aromatic carbocycles. The van der Waals surface area contributed by atoms with Crippen LogP contribution in [0.2, 0.25) is 0 Å². The SMILES string of the molecule is C[C@H](Oc1cc(NS(=O)C(F)F)ccc1-c1[nH]nc(Nc2cnccn2)c1C=O)c1ccc(F)cc1. The van der Waals surface area contributed by atoms with Gasteiger partial charge in [0.15, 0.2) is 23.1 Å². The van der Waals surface area contributed by atoms with Crippen LogP contribution >= 0.6 is 0 Å². The van der Waals surface area contributed by atoms with E-state index in [0.29, 0.717) is 23.2 Å². The monoisotopic (exact) mass is 516 g/mol. The second-order valence-electron chi connectivity index (χ2n) is 7.38. The highest BCUT2D eigenvalue weighted by molar-refractivity contribution is 7.86. The molecule has 4 aromatic rings. The molecular formula is C23H19F3N6O3S. The number of alkyl halides is 2. The topological polar surface area (TPSA) is 122 Å². The Labute approximate surface area is 205 Å². The molecule has 0 radical (unpaired) electrons. The molecular weight excluding hydrogens is 497 g/mol. The number of aromatic nitrogens is 4. The number of aldehydes is 1. The fraction of sp³-hybridized carbons (Fsp3) is 0.130. The van der Waals surface area contributed by atoms with E-state index in [4.69, 9.17) is 4.74 Å². The van der Waals surface area contributed by atoms with Crippen molar-refractivity contribution in [1.82, 2.24) is 20.2 Å². The molecule has 2 aromatic heterocycles. The van der Waals surface area contributed by atoms with Gasteiger partial charge in [-0.05, 0) is 36.8 Å². The van der Waals surface area contributed by atoms with Crippen molar-refractivity contribution in [2.75, 3.05) is 10.0 Å². The van der Waals surface area contributed by atoms with Crippen LogP contribution in [0.4, 0.5) is 30.5 Å². The molecule has 0 amide bonds. The zero-order chi connectivity index (χ0) is 25.7. The lowest BCUT2D eigenvalue weighted by Crippen LogP contribution is -2.12. The van der Waals surface area contributed by atoms with Crippen LogP contribution in [0.15, 0.2) is 61.1 Å². The van der Waals surface area contributed by atoms with Crippen LogP contribution in [-0.4, -0.2) is 36.4 Å². The number of aromatic amines is 1. The Morgan fingerprint density at radius 1 is 1.14 bits per heavy atom. The Bertz CT molecular complexity index is 1370. The van der Waals surface area contributed by atoms with Gasteiger partial charge in [0, 0.05) is 24.0 Å². The molecule has 2 atom stereocenters. The number of carbonyl (C=O) groups excluding carboxylic acids is 1. The first-order valence-electron chi connectivity index (χ1n) is 10.4. The summed E-state index contributed by atoms with van der Waals surface area (Å²) in [4.78, 5) is 20.0. The number of H-pyrrole nitrogens is 1. The number of rotatable bonds is 10. The van der Waals surface area contributed by atoms with Crippen molar-refractivity contribution in [2.45, 2.75) is 18.8 Å². The highest BCUT2D eigenvalue weighted by Gasteiger charge is 2.21. The zero-order valence-corrected chi connectivity index (χ0v) is 19.4. The normalized spacial score (nSPS) is 12.7. The van der Waals surface area contributed by atoms with E-state index in [9.17, 15) is 22.2 Å². The van der Waals surface area contributed by atoms with Crippen molar-refractivity contribution in [3.05, 3.63) is 78.0 Å². The maximum Gasteiger partial charge on any atom is 0.330 e. The molecule has 0 fully saturated rings. The summed E-state index contributed by atoms with van der Waals surface area (Å²) in [6, 6.07) is 9.95. The first-order valence-corrected chi connectivity index (χ1v) is 11.7. The molecule has 13 heteroatoms. The van der Waals surface area contributed by atoms with Crippen molar-refractivity contribution in [3.8, 4) is 17.0 Å². The van der Waals surface area contributed by atoms with E-state index >= 15 is 0 Å². The summed E-state index contributed by atoms with van der Waals surface area (Å²) < 4.78 is 58.9. The minimum absolute atomic E-state index is 0.101. The number of hydrogen-bond acceptors (Lipinski definition) is 7. The molecule has 0 aliphatic heterocycles. The predicted octanol–water partition coefficient (Wildman–Crippen LogP) is 5.00. The fourth-order valence-electron chi connectivity index (χ4n) is 3.29. The molecule has 0 bridgehead atoms. The van der Waals surface area contributed by atoms with Crippen molar-refractivity contribution in [3.63, 3.8) is 0 Å². The molecule has 0 aliphatic carbocycles. The third-order valence-electron chi connectivity index (χ3n) is 5.01. The average molecular weight is 517 g/mol. The number of nitrogens with one attached hydrogen (secondary N) is 3. The highest BCUT2D eigenvalue weighted by atomic mass is 32.2. The summed E-state index contributed by atoms with van der Waals surface area (Å²) in [6.07, 6.45) is 4.40. The van der Waals surface area contributed by atoms with Gasteiger partial charge in [0.25, 0.3) is 0 Å². The Hall–Kier alpha value is -4.26.